The quantitative estimate of drug-likeness (QED) is 0.177. The van der Waals surface area contributed by atoms with E-state index in [2.05, 4.69) is 15.5 Å². The van der Waals surface area contributed by atoms with Crippen molar-refractivity contribution in [2.75, 3.05) is 24.8 Å². The van der Waals surface area contributed by atoms with Gasteiger partial charge < -0.3 is 14.8 Å². The summed E-state index contributed by atoms with van der Waals surface area (Å²) in [5.74, 6) is 1.83. The fourth-order valence-electron chi connectivity index (χ4n) is 3.60. The fraction of sp³-hybridized carbons (Fsp3) is 0.222. The number of rotatable bonds is 11. The van der Waals surface area contributed by atoms with Crippen molar-refractivity contribution >= 4 is 23.2 Å². The molecule has 0 atom stereocenters. The van der Waals surface area contributed by atoms with E-state index in [1.54, 1.807) is 54.1 Å². The maximum atomic E-state index is 13.1. The molecule has 4 rings (SSSR count). The SMILES string of the molecule is CCOc1ccc(C(=O)CSc2nnc(CNc3cccc(C(F)(F)F)c3)n2-c2ccc(OC)cc2)cc1. The van der Waals surface area contributed by atoms with E-state index in [1.165, 1.54) is 17.8 Å². The first-order chi connectivity index (χ1) is 18.3. The van der Waals surface area contributed by atoms with E-state index >= 15 is 0 Å². The number of aromatic nitrogens is 3. The first-order valence-corrected chi connectivity index (χ1v) is 12.7. The Balaban J connectivity index is 1.54. The molecule has 0 radical (unpaired) electrons. The van der Waals surface area contributed by atoms with Crippen LogP contribution in [0.1, 0.15) is 28.7 Å². The molecule has 0 aliphatic heterocycles. The maximum Gasteiger partial charge on any atom is 0.416 e. The van der Waals surface area contributed by atoms with Crippen molar-refractivity contribution in [1.29, 1.82) is 0 Å². The number of thioether (sulfide) groups is 1. The largest absolute Gasteiger partial charge is 0.497 e. The van der Waals surface area contributed by atoms with Crippen LogP contribution in [0.5, 0.6) is 11.5 Å². The van der Waals surface area contributed by atoms with Crippen molar-refractivity contribution in [3.63, 3.8) is 0 Å². The minimum atomic E-state index is -4.44. The lowest BCUT2D eigenvalue weighted by Crippen LogP contribution is -2.10. The summed E-state index contributed by atoms with van der Waals surface area (Å²) in [6.45, 7) is 2.53. The third-order valence-electron chi connectivity index (χ3n) is 5.49. The number of carbonyl (C=O) groups is 1. The van der Waals surface area contributed by atoms with Crippen molar-refractivity contribution in [3.05, 3.63) is 89.7 Å². The fourth-order valence-corrected chi connectivity index (χ4v) is 4.47. The second kappa shape index (κ2) is 12.0. The van der Waals surface area contributed by atoms with E-state index in [9.17, 15) is 18.0 Å². The van der Waals surface area contributed by atoms with Gasteiger partial charge in [-0.25, -0.2) is 0 Å². The zero-order valence-electron chi connectivity index (χ0n) is 20.7. The Hall–Kier alpha value is -3.99. The number of anilines is 1. The Morgan fingerprint density at radius 2 is 1.71 bits per heavy atom. The Labute approximate surface area is 222 Å². The van der Waals surface area contributed by atoms with Crippen LogP contribution < -0.4 is 14.8 Å². The minimum absolute atomic E-state index is 0.0917. The van der Waals surface area contributed by atoms with E-state index in [0.29, 0.717) is 46.0 Å². The molecule has 3 aromatic carbocycles. The molecule has 1 aromatic heterocycles. The predicted octanol–water partition coefficient (Wildman–Crippen LogP) is 6.28. The van der Waals surface area contributed by atoms with Gasteiger partial charge in [-0.3, -0.25) is 9.36 Å². The third-order valence-corrected chi connectivity index (χ3v) is 6.42. The molecule has 1 heterocycles. The van der Waals surface area contributed by atoms with Gasteiger partial charge in [0.2, 0.25) is 0 Å². The predicted molar refractivity (Wildman–Crippen MR) is 139 cm³/mol. The highest BCUT2D eigenvalue weighted by Gasteiger charge is 2.30. The van der Waals surface area contributed by atoms with Crippen molar-refractivity contribution in [3.8, 4) is 17.2 Å². The molecule has 0 saturated heterocycles. The normalized spacial score (nSPS) is 11.3. The lowest BCUT2D eigenvalue weighted by molar-refractivity contribution is -0.137. The Bertz CT molecular complexity index is 1370. The van der Waals surface area contributed by atoms with E-state index in [-0.39, 0.29) is 18.1 Å². The standard InChI is InChI=1S/C27H25F3N4O3S/c1-3-37-23-11-7-18(8-12-23)24(35)17-38-26-33-32-25(34(26)21-9-13-22(36-2)14-10-21)16-31-20-6-4-5-19(15-20)27(28,29)30/h4-15,31H,3,16-17H2,1-2H3. The van der Waals surface area contributed by atoms with Crippen LogP contribution in [0, 0.1) is 0 Å². The molecule has 0 saturated carbocycles. The number of methoxy groups -OCH3 is 1. The maximum absolute atomic E-state index is 13.1. The summed E-state index contributed by atoms with van der Waals surface area (Å²) in [7, 11) is 1.56. The number of benzene rings is 3. The molecular formula is C27H25F3N4O3S. The summed E-state index contributed by atoms with van der Waals surface area (Å²) in [6.07, 6.45) is -4.44. The molecular weight excluding hydrogens is 517 g/mol. The minimum Gasteiger partial charge on any atom is -0.497 e. The van der Waals surface area contributed by atoms with Gasteiger partial charge in [-0.05, 0) is 73.7 Å². The van der Waals surface area contributed by atoms with Crippen molar-refractivity contribution in [1.82, 2.24) is 14.8 Å². The average Bonchev–Trinajstić information content (AvgIpc) is 3.33. The van der Waals surface area contributed by atoms with Crippen LogP contribution in [0.4, 0.5) is 18.9 Å². The number of Topliss-reactive ketones (excluding diaryl/α,β-unsaturated/α-hetero) is 1. The van der Waals surface area contributed by atoms with Crippen LogP contribution in [0.2, 0.25) is 0 Å². The van der Waals surface area contributed by atoms with Crippen molar-refractivity contribution in [2.24, 2.45) is 0 Å². The zero-order valence-corrected chi connectivity index (χ0v) is 21.5. The number of hydrogen-bond acceptors (Lipinski definition) is 7. The third kappa shape index (κ3) is 6.65. The van der Waals surface area contributed by atoms with Gasteiger partial charge in [-0.15, -0.1) is 10.2 Å². The lowest BCUT2D eigenvalue weighted by atomic mass is 10.1. The lowest BCUT2D eigenvalue weighted by Gasteiger charge is -2.13. The first-order valence-electron chi connectivity index (χ1n) is 11.7. The molecule has 4 aromatic rings. The van der Waals surface area contributed by atoms with E-state index in [4.69, 9.17) is 9.47 Å². The van der Waals surface area contributed by atoms with Crippen LogP contribution >= 0.6 is 11.8 Å². The van der Waals surface area contributed by atoms with Crippen LogP contribution in [0.15, 0.2) is 78.0 Å². The van der Waals surface area contributed by atoms with Gasteiger partial charge >= 0.3 is 6.18 Å². The van der Waals surface area contributed by atoms with Crippen LogP contribution in [0.3, 0.4) is 0 Å². The monoisotopic (exact) mass is 542 g/mol. The van der Waals surface area contributed by atoms with Crippen molar-refractivity contribution in [2.45, 2.75) is 24.8 Å². The van der Waals surface area contributed by atoms with Gasteiger partial charge in [0.25, 0.3) is 0 Å². The molecule has 38 heavy (non-hydrogen) atoms. The van der Waals surface area contributed by atoms with Crippen LogP contribution in [0.25, 0.3) is 5.69 Å². The van der Waals surface area contributed by atoms with Gasteiger partial charge in [0.1, 0.15) is 11.5 Å². The summed E-state index contributed by atoms with van der Waals surface area (Å²) in [4.78, 5) is 12.8. The van der Waals surface area contributed by atoms with Crippen LogP contribution in [-0.4, -0.2) is 40.0 Å². The molecule has 0 bridgehead atoms. The van der Waals surface area contributed by atoms with Gasteiger partial charge in [0.15, 0.2) is 16.8 Å². The number of halogens is 3. The van der Waals surface area contributed by atoms with Gasteiger partial charge in [-0.1, -0.05) is 17.8 Å². The highest BCUT2D eigenvalue weighted by molar-refractivity contribution is 7.99. The molecule has 11 heteroatoms. The topological polar surface area (TPSA) is 78.3 Å². The summed E-state index contributed by atoms with van der Waals surface area (Å²) in [5.41, 5.74) is 0.808. The van der Waals surface area contributed by atoms with Gasteiger partial charge in [0, 0.05) is 16.9 Å². The van der Waals surface area contributed by atoms with E-state index < -0.39 is 11.7 Å². The first kappa shape index (κ1) is 27.1. The average molecular weight is 543 g/mol. The van der Waals surface area contributed by atoms with E-state index in [1.807, 2.05) is 19.1 Å². The molecule has 0 amide bonds. The summed E-state index contributed by atoms with van der Waals surface area (Å²) >= 11 is 1.22. The molecule has 198 valence electrons. The summed E-state index contributed by atoms with van der Waals surface area (Å²) < 4.78 is 51.7. The number of ketones is 1. The van der Waals surface area contributed by atoms with Crippen molar-refractivity contribution < 1.29 is 27.4 Å². The smallest absolute Gasteiger partial charge is 0.416 e. The Morgan fingerprint density at radius 3 is 2.37 bits per heavy atom. The molecule has 0 aliphatic carbocycles. The number of carbonyl (C=O) groups excluding carboxylic acids is 1. The Morgan fingerprint density at radius 1 is 1.00 bits per heavy atom. The molecule has 1 N–H and O–H groups in total. The highest BCUT2D eigenvalue weighted by atomic mass is 32.2. The molecule has 0 unspecified atom stereocenters. The van der Waals surface area contributed by atoms with Gasteiger partial charge in [-0.2, -0.15) is 13.2 Å². The second-order valence-corrected chi connectivity index (χ2v) is 8.98. The number of hydrogen-bond donors (Lipinski definition) is 1. The number of ether oxygens (including phenoxy) is 2. The highest BCUT2D eigenvalue weighted by Crippen LogP contribution is 2.31. The Kier molecular flexibility index (Phi) is 8.57. The zero-order chi connectivity index (χ0) is 27.1. The number of alkyl halides is 3. The molecule has 0 fully saturated rings. The summed E-state index contributed by atoms with van der Waals surface area (Å²) in [6, 6.07) is 19.1. The number of nitrogens with one attached hydrogen (secondary N) is 1. The summed E-state index contributed by atoms with van der Waals surface area (Å²) in [5, 5.41) is 12.0. The molecule has 0 spiro atoms. The second-order valence-electron chi connectivity index (χ2n) is 8.03. The van der Waals surface area contributed by atoms with E-state index in [0.717, 1.165) is 12.1 Å². The van der Waals surface area contributed by atoms with Gasteiger partial charge in [0.05, 0.1) is 31.6 Å². The van der Waals surface area contributed by atoms with Crippen LogP contribution in [-0.2, 0) is 12.7 Å². The molecule has 7 nitrogen and oxygen atoms in total. The molecule has 0 aliphatic rings. The number of nitrogens with zero attached hydrogens (tertiary/aromatic N) is 3.